The SMILES string of the molecule is CCOC(=O)C(C)(C)c1cc2c(cc1Br)OCO2. The van der Waals surface area contributed by atoms with E-state index < -0.39 is 5.41 Å². The van der Waals surface area contributed by atoms with Crippen molar-refractivity contribution in [2.75, 3.05) is 13.4 Å². The molecule has 1 aliphatic heterocycles. The zero-order valence-electron chi connectivity index (χ0n) is 10.6. The number of hydrogen-bond donors (Lipinski definition) is 0. The topological polar surface area (TPSA) is 44.8 Å². The van der Waals surface area contributed by atoms with Crippen LogP contribution in [0.15, 0.2) is 16.6 Å². The predicted octanol–water partition coefficient (Wildman–Crippen LogP) is 3.02. The number of benzene rings is 1. The largest absolute Gasteiger partial charge is 0.465 e. The molecule has 5 heteroatoms. The highest BCUT2D eigenvalue weighted by Crippen LogP contribution is 2.41. The first-order chi connectivity index (χ1) is 8.46. The molecule has 0 saturated carbocycles. The molecule has 0 atom stereocenters. The first-order valence-electron chi connectivity index (χ1n) is 5.73. The third-order valence-corrected chi connectivity index (χ3v) is 3.58. The zero-order chi connectivity index (χ0) is 13.3. The van der Waals surface area contributed by atoms with Crippen molar-refractivity contribution in [1.82, 2.24) is 0 Å². The lowest BCUT2D eigenvalue weighted by Gasteiger charge is -2.24. The van der Waals surface area contributed by atoms with E-state index in [1.807, 2.05) is 26.0 Å². The van der Waals surface area contributed by atoms with Crippen LogP contribution in [0.3, 0.4) is 0 Å². The van der Waals surface area contributed by atoms with Gasteiger partial charge in [-0.2, -0.15) is 0 Å². The molecule has 1 aromatic rings. The van der Waals surface area contributed by atoms with E-state index in [4.69, 9.17) is 14.2 Å². The van der Waals surface area contributed by atoms with Crippen molar-refractivity contribution < 1.29 is 19.0 Å². The molecule has 2 rings (SSSR count). The first kappa shape index (κ1) is 13.2. The second kappa shape index (κ2) is 4.80. The molecular formula is C13H15BrO4. The highest BCUT2D eigenvalue weighted by atomic mass is 79.9. The summed E-state index contributed by atoms with van der Waals surface area (Å²) < 4.78 is 16.5. The Morgan fingerprint density at radius 2 is 2.00 bits per heavy atom. The molecule has 0 spiro atoms. The predicted molar refractivity (Wildman–Crippen MR) is 69.9 cm³/mol. The van der Waals surface area contributed by atoms with Crippen molar-refractivity contribution in [3.8, 4) is 11.5 Å². The fraction of sp³-hybridized carbons (Fsp3) is 0.462. The number of halogens is 1. The number of carbonyl (C=O) groups excluding carboxylic acids is 1. The van der Waals surface area contributed by atoms with Crippen molar-refractivity contribution >= 4 is 21.9 Å². The summed E-state index contributed by atoms with van der Waals surface area (Å²) in [6.07, 6.45) is 0. The Bertz CT molecular complexity index is 482. The Hall–Kier alpha value is -1.23. The zero-order valence-corrected chi connectivity index (χ0v) is 12.2. The lowest BCUT2D eigenvalue weighted by Crippen LogP contribution is -2.31. The monoisotopic (exact) mass is 314 g/mol. The van der Waals surface area contributed by atoms with Crippen LogP contribution in [0.2, 0.25) is 0 Å². The molecule has 0 saturated heterocycles. The van der Waals surface area contributed by atoms with Gasteiger partial charge in [0.25, 0.3) is 0 Å². The summed E-state index contributed by atoms with van der Waals surface area (Å²) >= 11 is 3.46. The van der Waals surface area contributed by atoms with Crippen molar-refractivity contribution in [1.29, 1.82) is 0 Å². The molecule has 0 bridgehead atoms. The number of ether oxygens (including phenoxy) is 3. The molecular weight excluding hydrogens is 300 g/mol. The van der Waals surface area contributed by atoms with Gasteiger partial charge in [0, 0.05) is 4.47 Å². The molecule has 1 aliphatic rings. The van der Waals surface area contributed by atoms with Gasteiger partial charge in [0.2, 0.25) is 6.79 Å². The quantitative estimate of drug-likeness (QED) is 0.804. The summed E-state index contributed by atoms with van der Waals surface area (Å²) in [4.78, 5) is 12.0. The van der Waals surface area contributed by atoms with Gasteiger partial charge in [0.05, 0.1) is 12.0 Å². The van der Waals surface area contributed by atoms with E-state index >= 15 is 0 Å². The number of carbonyl (C=O) groups is 1. The molecule has 0 unspecified atom stereocenters. The molecule has 98 valence electrons. The summed E-state index contributed by atoms with van der Waals surface area (Å²) in [6.45, 7) is 6.03. The Labute approximate surface area is 114 Å². The summed E-state index contributed by atoms with van der Waals surface area (Å²) in [5.41, 5.74) is 0.0840. The fourth-order valence-electron chi connectivity index (χ4n) is 1.82. The Balaban J connectivity index is 2.41. The van der Waals surface area contributed by atoms with Crippen LogP contribution in [0.5, 0.6) is 11.5 Å². The number of fused-ring (bicyclic) bond motifs is 1. The number of esters is 1. The van der Waals surface area contributed by atoms with Crippen molar-refractivity contribution in [2.45, 2.75) is 26.2 Å². The third kappa shape index (κ3) is 2.19. The highest BCUT2D eigenvalue weighted by molar-refractivity contribution is 9.10. The van der Waals surface area contributed by atoms with Gasteiger partial charge in [-0.05, 0) is 38.5 Å². The smallest absolute Gasteiger partial charge is 0.316 e. The standard InChI is InChI=1S/C13H15BrO4/c1-4-16-12(15)13(2,3)8-5-10-11(6-9(8)14)18-7-17-10/h5-6H,4,7H2,1-3H3. The minimum atomic E-state index is -0.740. The van der Waals surface area contributed by atoms with Gasteiger partial charge >= 0.3 is 5.97 Å². The van der Waals surface area contributed by atoms with Gasteiger partial charge in [0.1, 0.15) is 0 Å². The molecule has 4 nitrogen and oxygen atoms in total. The van der Waals surface area contributed by atoms with Gasteiger partial charge in [-0.3, -0.25) is 4.79 Å². The average molecular weight is 315 g/mol. The van der Waals surface area contributed by atoms with Gasteiger partial charge in [-0.25, -0.2) is 0 Å². The molecule has 18 heavy (non-hydrogen) atoms. The Morgan fingerprint density at radius 1 is 1.39 bits per heavy atom. The summed E-state index contributed by atoms with van der Waals surface area (Å²) in [5.74, 6) is 1.08. The maximum absolute atomic E-state index is 12.0. The molecule has 0 amide bonds. The van der Waals surface area contributed by atoms with Crippen LogP contribution in [0.1, 0.15) is 26.3 Å². The van der Waals surface area contributed by atoms with Crippen molar-refractivity contribution in [2.24, 2.45) is 0 Å². The molecule has 0 N–H and O–H groups in total. The third-order valence-electron chi connectivity index (χ3n) is 2.92. The second-order valence-electron chi connectivity index (χ2n) is 4.53. The van der Waals surface area contributed by atoms with Crippen LogP contribution < -0.4 is 9.47 Å². The van der Waals surface area contributed by atoms with E-state index in [9.17, 15) is 4.79 Å². The normalized spacial score (nSPS) is 13.6. The van der Waals surface area contributed by atoms with Gasteiger partial charge < -0.3 is 14.2 Å². The minimum Gasteiger partial charge on any atom is -0.465 e. The van der Waals surface area contributed by atoms with E-state index in [-0.39, 0.29) is 12.8 Å². The van der Waals surface area contributed by atoms with E-state index in [2.05, 4.69) is 15.9 Å². The fourth-order valence-corrected chi connectivity index (χ4v) is 2.64. The Morgan fingerprint density at radius 3 is 2.61 bits per heavy atom. The van der Waals surface area contributed by atoms with Crippen LogP contribution in [-0.2, 0) is 14.9 Å². The van der Waals surface area contributed by atoms with Crippen LogP contribution in [-0.4, -0.2) is 19.4 Å². The second-order valence-corrected chi connectivity index (χ2v) is 5.39. The van der Waals surface area contributed by atoms with Gasteiger partial charge in [-0.15, -0.1) is 0 Å². The van der Waals surface area contributed by atoms with E-state index in [0.717, 1.165) is 10.0 Å². The number of rotatable bonds is 3. The maximum Gasteiger partial charge on any atom is 0.316 e. The average Bonchev–Trinajstić information content (AvgIpc) is 2.75. The Kier molecular flexibility index (Phi) is 3.52. The van der Waals surface area contributed by atoms with E-state index in [1.54, 1.807) is 6.92 Å². The van der Waals surface area contributed by atoms with Gasteiger partial charge in [0.15, 0.2) is 11.5 Å². The molecule has 1 aromatic carbocycles. The van der Waals surface area contributed by atoms with Crippen LogP contribution in [0, 0.1) is 0 Å². The van der Waals surface area contributed by atoms with Crippen molar-refractivity contribution in [3.63, 3.8) is 0 Å². The van der Waals surface area contributed by atoms with Crippen LogP contribution in [0.4, 0.5) is 0 Å². The molecule has 0 radical (unpaired) electrons. The van der Waals surface area contributed by atoms with E-state index in [0.29, 0.717) is 18.1 Å². The summed E-state index contributed by atoms with van der Waals surface area (Å²) in [7, 11) is 0. The minimum absolute atomic E-state index is 0.213. The van der Waals surface area contributed by atoms with Crippen LogP contribution >= 0.6 is 15.9 Å². The van der Waals surface area contributed by atoms with E-state index in [1.165, 1.54) is 0 Å². The lowest BCUT2D eigenvalue weighted by molar-refractivity contribution is -0.148. The maximum atomic E-state index is 12.0. The van der Waals surface area contributed by atoms with Crippen molar-refractivity contribution in [3.05, 3.63) is 22.2 Å². The van der Waals surface area contributed by atoms with Gasteiger partial charge in [-0.1, -0.05) is 15.9 Å². The summed E-state index contributed by atoms with van der Waals surface area (Å²) in [6, 6.07) is 3.64. The number of hydrogen-bond acceptors (Lipinski definition) is 4. The molecule has 0 aliphatic carbocycles. The first-order valence-corrected chi connectivity index (χ1v) is 6.53. The molecule has 1 heterocycles. The molecule has 0 aromatic heterocycles. The summed E-state index contributed by atoms with van der Waals surface area (Å²) in [5, 5.41) is 0. The lowest BCUT2D eigenvalue weighted by atomic mass is 9.84. The highest BCUT2D eigenvalue weighted by Gasteiger charge is 2.34. The molecule has 0 fully saturated rings. The van der Waals surface area contributed by atoms with Crippen LogP contribution in [0.25, 0.3) is 0 Å².